The van der Waals surface area contributed by atoms with E-state index >= 15 is 0 Å². The maximum atomic E-state index is 12.9. The quantitative estimate of drug-likeness (QED) is 0.120. The Bertz CT molecular complexity index is 919. The Hall–Kier alpha value is -4.01. The van der Waals surface area contributed by atoms with Gasteiger partial charge in [-0.1, -0.05) is 13.8 Å². The molecule has 0 saturated carbocycles. The number of carboxylic acids is 1. The molecule has 5 amide bonds. The molecular formula is C20H32N8O7. The van der Waals surface area contributed by atoms with Gasteiger partial charge in [0.15, 0.2) is 0 Å². The molecule has 15 heteroatoms. The molecule has 11 N–H and O–H groups in total. The smallest absolute Gasteiger partial charge is 0.326 e. The molecule has 0 fully saturated rings. The van der Waals surface area contributed by atoms with Gasteiger partial charge in [-0.05, 0) is 12.3 Å². The van der Waals surface area contributed by atoms with E-state index in [9.17, 15) is 33.9 Å². The summed E-state index contributed by atoms with van der Waals surface area (Å²) in [5, 5.41) is 16.1. The molecule has 1 aromatic rings. The second-order valence-electron chi connectivity index (χ2n) is 8.38. The molecule has 0 aliphatic rings. The second kappa shape index (κ2) is 13.6. The van der Waals surface area contributed by atoms with Gasteiger partial charge in [0.05, 0.1) is 25.2 Å². The van der Waals surface area contributed by atoms with Gasteiger partial charge in [-0.15, -0.1) is 0 Å². The highest BCUT2D eigenvalue weighted by atomic mass is 16.4. The molecule has 0 radical (unpaired) electrons. The van der Waals surface area contributed by atoms with Gasteiger partial charge < -0.3 is 43.2 Å². The number of aromatic nitrogens is 2. The molecule has 0 aliphatic carbocycles. The number of carbonyl (C=O) groups excluding carboxylic acids is 5. The summed E-state index contributed by atoms with van der Waals surface area (Å²) in [6, 6.07) is -5.38. The lowest BCUT2D eigenvalue weighted by Gasteiger charge is -2.25. The summed E-state index contributed by atoms with van der Waals surface area (Å²) in [6.45, 7) is 3.50. The number of aliphatic carboxylic acids is 1. The molecule has 1 rings (SSSR count). The Labute approximate surface area is 200 Å². The third-order valence-corrected chi connectivity index (χ3v) is 4.73. The summed E-state index contributed by atoms with van der Waals surface area (Å²) in [4.78, 5) is 78.6. The number of carbonyl (C=O) groups is 6. The van der Waals surface area contributed by atoms with Crippen molar-refractivity contribution in [3.63, 3.8) is 0 Å². The van der Waals surface area contributed by atoms with Crippen LogP contribution in [-0.4, -0.2) is 74.7 Å². The minimum Gasteiger partial charge on any atom is -0.480 e. The largest absolute Gasteiger partial charge is 0.480 e. The summed E-state index contributed by atoms with van der Waals surface area (Å²) in [6.07, 6.45) is 1.80. The molecule has 0 bridgehead atoms. The fourth-order valence-electron chi connectivity index (χ4n) is 3.06. The van der Waals surface area contributed by atoms with E-state index in [-0.39, 0.29) is 18.8 Å². The summed E-state index contributed by atoms with van der Waals surface area (Å²) >= 11 is 0. The van der Waals surface area contributed by atoms with E-state index in [4.69, 9.17) is 17.2 Å². The predicted octanol–water partition coefficient (Wildman–Crippen LogP) is -3.38. The number of carboxylic acid groups (broad SMARTS) is 1. The molecule has 15 nitrogen and oxygen atoms in total. The van der Waals surface area contributed by atoms with Gasteiger partial charge in [0, 0.05) is 18.3 Å². The van der Waals surface area contributed by atoms with Crippen molar-refractivity contribution in [2.24, 2.45) is 23.1 Å². The zero-order chi connectivity index (χ0) is 26.7. The molecule has 35 heavy (non-hydrogen) atoms. The summed E-state index contributed by atoms with van der Waals surface area (Å²) in [5.74, 6) is -6.01. The van der Waals surface area contributed by atoms with Crippen molar-refractivity contribution in [3.05, 3.63) is 18.2 Å². The molecule has 0 spiro atoms. The molecule has 1 aromatic heterocycles. The van der Waals surface area contributed by atoms with Crippen molar-refractivity contribution in [2.45, 2.75) is 63.7 Å². The molecule has 194 valence electrons. The number of aromatic amines is 1. The first-order chi connectivity index (χ1) is 16.3. The molecule has 1 heterocycles. The Balaban J connectivity index is 2.96. The van der Waals surface area contributed by atoms with Gasteiger partial charge >= 0.3 is 5.97 Å². The normalized spacial score (nSPS) is 14.3. The zero-order valence-electron chi connectivity index (χ0n) is 19.4. The number of nitrogens with two attached hydrogens (primary N) is 3. The molecule has 4 unspecified atom stereocenters. The maximum Gasteiger partial charge on any atom is 0.326 e. The van der Waals surface area contributed by atoms with Crippen molar-refractivity contribution >= 4 is 35.5 Å². The number of nitrogens with one attached hydrogen (secondary N) is 4. The zero-order valence-corrected chi connectivity index (χ0v) is 19.4. The van der Waals surface area contributed by atoms with Gasteiger partial charge in [-0.2, -0.15) is 0 Å². The van der Waals surface area contributed by atoms with Crippen LogP contribution in [0.25, 0.3) is 0 Å². The number of amides is 5. The lowest BCUT2D eigenvalue weighted by atomic mass is 10.0. The highest BCUT2D eigenvalue weighted by Crippen LogP contribution is 2.08. The first-order valence-electron chi connectivity index (χ1n) is 10.7. The van der Waals surface area contributed by atoms with E-state index in [2.05, 4.69) is 25.9 Å². The lowest BCUT2D eigenvalue weighted by molar-refractivity contribution is -0.144. The number of imidazole rings is 1. The van der Waals surface area contributed by atoms with E-state index in [0.717, 1.165) is 0 Å². The Morgan fingerprint density at radius 2 is 1.43 bits per heavy atom. The number of H-pyrrole nitrogens is 1. The maximum absolute atomic E-state index is 12.9. The fraction of sp³-hybridized carbons (Fsp3) is 0.550. The molecule has 0 aliphatic heterocycles. The average Bonchev–Trinajstić information content (AvgIpc) is 3.23. The van der Waals surface area contributed by atoms with Crippen LogP contribution in [0.1, 0.15) is 38.8 Å². The number of hydrogen-bond donors (Lipinski definition) is 8. The van der Waals surface area contributed by atoms with E-state index in [0.29, 0.717) is 5.69 Å². The molecular weight excluding hydrogens is 464 g/mol. The molecule has 0 aromatic carbocycles. The second-order valence-corrected chi connectivity index (χ2v) is 8.38. The molecule has 0 saturated heterocycles. The van der Waals surface area contributed by atoms with E-state index < -0.39 is 72.5 Å². The number of hydrogen-bond acceptors (Lipinski definition) is 8. The minimum atomic E-state index is -1.60. The van der Waals surface area contributed by atoms with Gasteiger partial charge in [-0.25, -0.2) is 9.78 Å². The topological polar surface area (TPSA) is 265 Å². The highest BCUT2D eigenvalue weighted by molar-refractivity contribution is 5.96. The van der Waals surface area contributed by atoms with Gasteiger partial charge in [0.2, 0.25) is 29.5 Å². The first-order valence-corrected chi connectivity index (χ1v) is 10.7. The first kappa shape index (κ1) is 29.0. The van der Waals surface area contributed by atoms with Crippen molar-refractivity contribution in [2.75, 3.05) is 0 Å². The van der Waals surface area contributed by atoms with E-state index in [1.54, 1.807) is 13.8 Å². The van der Waals surface area contributed by atoms with Gasteiger partial charge in [-0.3, -0.25) is 24.0 Å². The summed E-state index contributed by atoms with van der Waals surface area (Å²) < 4.78 is 0. The molecule has 4 atom stereocenters. The van der Waals surface area contributed by atoms with Crippen LogP contribution in [0.4, 0.5) is 0 Å². The third kappa shape index (κ3) is 10.6. The number of nitrogens with zero attached hydrogens (tertiary/aromatic N) is 1. The van der Waals surface area contributed by atoms with Crippen molar-refractivity contribution in [1.29, 1.82) is 0 Å². The third-order valence-electron chi connectivity index (χ3n) is 4.73. The Morgan fingerprint density at radius 3 is 1.91 bits per heavy atom. The SMILES string of the molecule is CC(C)CC(NC(=O)C(CC(N)=O)NC(=O)C(N)Cc1cnc[nH]1)C(=O)NC(CC(N)=O)C(=O)O. The monoisotopic (exact) mass is 496 g/mol. The van der Waals surface area contributed by atoms with Crippen molar-refractivity contribution < 1.29 is 33.9 Å². The van der Waals surface area contributed by atoms with Gasteiger partial charge in [0.1, 0.15) is 18.1 Å². The van der Waals surface area contributed by atoms with E-state index in [1.807, 2.05) is 0 Å². The predicted molar refractivity (Wildman–Crippen MR) is 121 cm³/mol. The standard InChI is InChI=1S/C20H32N8O7/c1-9(2)3-12(18(32)28-14(20(34)35)6-16(23)30)27-19(33)13(5-15(22)29)26-17(31)11(21)4-10-7-24-8-25-10/h7-9,11-14H,3-6,21H2,1-2H3,(H2,22,29)(H2,23,30)(H,24,25)(H,26,31)(H,27,33)(H,28,32)(H,34,35). The number of primary amides is 2. The minimum absolute atomic E-state index is 0.0750. The van der Waals surface area contributed by atoms with Crippen molar-refractivity contribution in [3.8, 4) is 0 Å². The Kier molecular flexibility index (Phi) is 11.3. The van der Waals surface area contributed by atoms with E-state index in [1.165, 1.54) is 12.5 Å². The van der Waals surface area contributed by atoms with Gasteiger partial charge in [0.25, 0.3) is 0 Å². The van der Waals surface area contributed by atoms with Crippen LogP contribution in [0, 0.1) is 5.92 Å². The van der Waals surface area contributed by atoms with Crippen molar-refractivity contribution in [1.82, 2.24) is 25.9 Å². The highest BCUT2D eigenvalue weighted by Gasteiger charge is 2.32. The summed E-state index contributed by atoms with van der Waals surface area (Å²) in [7, 11) is 0. The van der Waals surface area contributed by atoms with Crippen LogP contribution in [0.5, 0.6) is 0 Å². The van der Waals surface area contributed by atoms with Crippen LogP contribution in [0.2, 0.25) is 0 Å². The van der Waals surface area contributed by atoms with Crippen LogP contribution in [-0.2, 0) is 35.2 Å². The Morgan fingerprint density at radius 1 is 0.914 bits per heavy atom. The average molecular weight is 497 g/mol. The number of rotatable bonds is 15. The summed E-state index contributed by atoms with van der Waals surface area (Å²) in [5.41, 5.74) is 16.7. The lowest BCUT2D eigenvalue weighted by Crippen LogP contribution is -2.58. The van der Waals surface area contributed by atoms with Crippen LogP contribution in [0.3, 0.4) is 0 Å². The fourth-order valence-corrected chi connectivity index (χ4v) is 3.06. The van der Waals surface area contributed by atoms with Crippen LogP contribution < -0.4 is 33.2 Å². The van der Waals surface area contributed by atoms with Crippen LogP contribution >= 0.6 is 0 Å². The van der Waals surface area contributed by atoms with Crippen LogP contribution in [0.15, 0.2) is 12.5 Å².